The van der Waals surface area contributed by atoms with E-state index >= 15 is 0 Å². The smallest absolute Gasteiger partial charge is 0.142 e. The van der Waals surface area contributed by atoms with Gasteiger partial charge in [-0.1, -0.05) is 6.07 Å². The van der Waals surface area contributed by atoms with Crippen molar-refractivity contribution in [2.45, 2.75) is 0 Å². The molecule has 108 valence electrons. The van der Waals surface area contributed by atoms with Gasteiger partial charge in [0, 0.05) is 43.8 Å². The highest BCUT2D eigenvalue weighted by molar-refractivity contribution is 5.85. The Bertz CT molecular complexity index is 950. The van der Waals surface area contributed by atoms with Gasteiger partial charge in [-0.15, -0.1) is 0 Å². The van der Waals surface area contributed by atoms with Crippen molar-refractivity contribution < 1.29 is 0 Å². The molecule has 3 heterocycles. The maximum absolute atomic E-state index is 4.77. The highest BCUT2D eigenvalue weighted by Crippen LogP contribution is 2.27. The van der Waals surface area contributed by atoms with E-state index in [1.165, 1.54) is 0 Å². The van der Waals surface area contributed by atoms with Gasteiger partial charge in [-0.05, 0) is 29.8 Å². The molecule has 3 aromatic heterocycles. The lowest BCUT2D eigenvalue weighted by Crippen LogP contribution is -1.92. The first-order valence-electron chi connectivity index (χ1n) is 7.08. The van der Waals surface area contributed by atoms with Crippen LogP contribution in [0.2, 0.25) is 0 Å². The average molecular weight is 289 g/mol. The van der Waals surface area contributed by atoms with E-state index in [1.807, 2.05) is 44.8 Å². The van der Waals surface area contributed by atoms with E-state index in [2.05, 4.69) is 32.8 Å². The van der Waals surface area contributed by atoms with Crippen molar-refractivity contribution >= 4 is 11.0 Å². The second-order valence-electron chi connectivity index (χ2n) is 5.34. The fourth-order valence-corrected chi connectivity index (χ4v) is 2.70. The van der Waals surface area contributed by atoms with Crippen LogP contribution in [0.15, 0.2) is 55.1 Å². The first-order valence-corrected chi connectivity index (χ1v) is 7.08. The van der Waals surface area contributed by atoms with Gasteiger partial charge in [0.15, 0.2) is 0 Å². The minimum Gasteiger partial charge on any atom is -0.327 e. The fraction of sp³-hybridized carbons (Fsp3) is 0.118. The van der Waals surface area contributed by atoms with Crippen LogP contribution in [0, 0.1) is 0 Å². The number of nitrogens with zero attached hydrogens (tertiary/aromatic N) is 5. The zero-order valence-corrected chi connectivity index (χ0v) is 12.4. The molecule has 0 aliphatic rings. The van der Waals surface area contributed by atoms with E-state index in [0.29, 0.717) is 0 Å². The molecule has 0 radical (unpaired) electrons. The van der Waals surface area contributed by atoms with Crippen LogP contribution >= 0.6 is 0 Å². The summed E-state index contributed by atoms with van der Waals surface area (Å²) in [5.41, 5.74) is 5.31. The number of pyridine rings is 1. The van der Waals surface area contributed by atoms with E-state index in [1.54, 1.807) is 10.9 Å². The number of hydrogen-bond acceptors (Lipinski definition) is 3. The molecule has 0 aliphatic heterocycles. The predicted octanol–water partition coefficient (Wildman–Crippen LogP) is 3.04. The summed E-state index contributed by atoms with van der Waals surface area (Å²) >= 11 is 0. The van der Waals surface area contributed by atoms with Crippen molar-refractivity contribution in [1.82, 2.24) is 24.3 Å². The molecular weight excluding hydrogens is 274 g/mol. The van der Waals surface area contributed by atoms with Crippen molar-refractivity contribution in [2.75, 3.05) is 0 Å². The fourth-order valence-electron chi connectivity index (χ4n) is 2.70. The molecule has 0 fully saturated rings. The Labute approximate surface area is 127 Å². The molecule has 22 heavy (non-hydrogen) atoms. The minimum atomic E-state index is 0.923. The van der Waals surface area contributed by atoms with Gasteiger partial charge < -0.3 is 4.57 Å². The summed E-state index contributed by atoms with van der Waals surface area (Å²) < 4.78 is 3.90. The number of imidazole rings is 1. The average Bonchev–Trinajstić information content (AvgIpc) is 3.12. The first kappa shape index (κ1) is 12.8. The van der Waals surface area contributed by atoms with Gasteiger partial charge in [-0.2, -0.15) is 5.10 Å². The number of fused-ring (bicyclic) bond motifs is 1. The highest BCUT2D eigenvalue weighted by Gasteiger charge is 2.11. The Morgan fingerprint density at radius 3 is 2.59 bits per heavy atom. The monoisotopic (exact) mass is 289 g/mol. The van der Waals surface area contributed by atoms with Crippen LogP contribution < -0.4 is 0 Å². The minimum absolute atomic E-state index is 0.923. The van der Waals surface area contributed by atoms with Gasteiger partial charge in [-0.3, -0.25) is 9.67 Å². The summed E-state index contributed by atoms with van der Waals surface area (Å²) in [4.78, 5) is 8.95. The van der Waals surface area contributed by atoms with E-state index in [9.17, 15) is 0 Å². The molecule has 0 unspecified atom stereocenters. The maximum Gasteiger partial charge on any atom is 0.142 e. The van der Waals surface area contributed by atoms with Crippen LogP contribution in [0.1, 0.15) is 0 Å². The lowest BCUT2D eigenvalue weighted by Gasteiger charge is -2.01. The molecule has 5 nitrogen and oxygen atoms in total. The third-order valence-electron chi connectivity index (χ3n) is 3.84. The van der Waals surface area contributed by atoms with Crippen LogP contribution in [-0.2, 0) is 14.1 Å². The number of aromatic nitrogens is 5. The summed E-state index contributed by atoms with van der Waals surface area (Å²) in [5, 5.41) is 4.23. The van der Waals surface area contributed by atoms with Crippen LogP contribution in [0.3, 0.4) is 0 Å². The lowest BCUT2D eigenvalue weighted by atomic mass is 10.1. The summed E-state index contributed by atoms with van der Waals surface area (Å²) in [6, 6.07) is 10.3. The summed E-state index contributed by atoms with van der Waals surface area (Å²) in [6.07, 6.45) is 7.48. The molecule has 0 N–H and O–H groups in total. The standard InChI is InChI=1S/C17H15N5/c1-21-11-14(10-19-21)12-5-6-16-15(8-12)20-17(22(16)2)13-4-3-7-18-9-13/h3-11H,1-2H3. The molecule has 1 aromatic carbocycles. The molecule has 0 saturated carbocycles. The third-order valence-corrected chi connectivity index (χ3v) is 3.84. The second kappa shape index (κ2) is 4.80. The van der Waals surface area contributed by atoms with Crippen molar-refractivity contribution in [3.05, 3.63) is 55.1 Å². The second-order valence-corrected chi connectivity index (χ2v) is 5.34. The molecule has 4 aromatic rings. The Morgan fingerprint density at radius 1 is 0.955 bits per heavy atom. The van der Waals surface area contributed by atoms with Crippen LogP contribution in [0.4, 0.5) is 0 Å². The van der Waals surface area contributed by atoms with E-state index in [0.717, 1.165) is 33.5 Å². The van der Waals surface area contributed by atoms with Crippen LogP contribution in [-0.4, -0.2) is 24.3 Å². The predicted molar refractivity (Wildman–Crippen MR) is 86.1 cm³/mol. The van der Waals surface area contributed by atoms with Gasteiger partial charge in [0.25, 0.3) is 0 Å². The molecule has 0 spiro atoms. The topological polar surface area (TPSA) is 48.5 Å². The zero-order valence-electron chi connectivity index (χ0n) is 12.4. The first-order chi connectivity index (χ1) is 10.7. The Balaban J connectivity index is 1.88. The van der Waals surface area contributed by atoms with Gasteiger partial charge in [0.2, 0.25) is 0 Å². The molecule has 4 rings (SSSR count). The third kappa shape index (κ3) is 1.98. The van der Waals surface area contributed by atoms with Crippen molar-refractivity contribution in [3.8, 4) is 22.5 Å². The molecule has 0 saturated heterocycles. The largest absolute Gasteiger partial charge is 0.327 e. The summed E-state index contributed by atoms with van der Waals surface area (Å²) in [7, 11) is 3.95. The number of hydrogen-bond donors (Lipinski definition) is 0. The summed E-state index contributed by atoms with van der Waals surface area (Å²) in [5.74, 6) is 0.923. The van der Waals surface area contributed by atoms with Crippen LogP contribution in [0.25, 0.3) is 33.5 Å². The van der Waals surface area contributed by atoms with Crippen LogP contribution in [0.5, 0.6) is 0 Å². The molecule has 0 amide bonds. The number of benzene rings is 1. The Kier molecular flexibility index (Phi) is 2.79. The summed E-state index contributed by atoms with van der Waals surface area (Å²) in [6.45, 7) is 0. The number of rotatable bonds is 2. The van der Waals surface area contributed by atoms with Gasteiger partial charge in [0.1, 0.15) is 5.82 Å². The van der Waals surface area contributed by atoms with E-state index in [-0.39, 0.29) is 0 Å². The lowest BCUT2D eigenvalue weighted by molar-refractivity contribution is 0.768. The molecule has 0 aliphatic carbocycles. The van der Waals surface area contributed by atoms with Gasteiger partial charge >= 0.3 is 0 Å². The Hall–Kier alpha value is -2.95. The molecule has 0 atom stereocenters. The van der Waals surface area contributed by atoms with E-state index in [4.69, 9.17) is 4.98 Å². The Morgan fingerprint density at radius 2 is 1.86 bits per heavy atom. The highest BCUT2D eigenvalue weighted by atomic mass is 15.2. The van der Waals surface area contributed by atoms with Gasteiger partial charge in [0.05, 0.1) is 17.2 Å². The van der Waals surface area contributed by atoms with Crippen molar-refractivity contribution in [2.24, 2.45) is 14.1 Å². The van der Waals surface area contributed by atoms with Gasteiger partial charge in [-0.25, -0.2) is 4.98 Å². The normalized spacial score (nSPS) is 11.2. The maximum atomic E-state index is 4.77. The molecule has 0 bridgehead atoms. The van der Waals surface area contributed by atoms with Crippen molar-refractivity contribution in [1.29, 1.82) is 0 Å². The quantitative estimate of drug-likeness (QED) is 0.570. The van der Waals surface area contributed by atoms with Crippen molar-refractivity contribution in [3.63, 3.8) is 0 Å². The zero-order chi connectivity index (χ0) is 15.1. The number of aryl methyl sites for hydroxylation is 2. The van der Waals surface area contributed by atoms with E-state index < -0.39 is 0 Å². The molecular formula is C17H15N5. The SMILES string of the molecule is Cn1cc(-c2ccc3c(c2)nc(-c2cccnc2)n3C)cn1. The molecule has 5 heteroatoms.